The highest BCUT2D eigenvalue weighted by molar-refractivity contribution is 6.02. The molecule has 0 aliphatic heterocycles. The summed E-state index contributed by atoms with van der Waals surface area (Å²) in [4.78, 5) is 25.8. The molecule has 29 heavy (non-hydrogen) atoms. The molecule has 4 rings (SSSR count). The van der Waals surface area contributed by atoms with E-state index in [0.29, 0.717) is 23.1 Å². The average Bonchev–Trinajstić information content (AvgIpc) is 3.20. The van der Waals surface area contributed by atoms with Gasteiger partial charge in [0.1, 0.15) is 5.75 Å². The lowest BCUT2D eigenvalue weighted by Gasteiger charge is -2.11. The van der Waals surface area contributed by atoms with E-state index >= 15 is 0 Å². The number of esters is 1. The van der Waals surface area contributed by atoms with Gasteiger partial charge in [-0.2, -0.15) is 5.10 Å². The minimum absolute atomic E-state index is 0.161. The molecule has 1 heterocycles. The Morgan fingerprint density at radius 1 is 1.03 bits per heavy atom. The lowest BCUT2D eigenvalue weighted by atomic mass is 10.1. The van der Waals surface area contributed by atoms with Crippen molar-refractivity contribution < 1.29 is 9.53 Å². The van der Waals surface area contributed by atoms with E-state index in [1.165, 1.54) is 15.8 Å². The third-order valence-corrected chi connectivity index (χ3v) is 5.57. The zero-order valence-corrected chi connectivity index (χ0v) is 16.8. The van der Waals surface area contributed by atoms with Crippen molar-refractivity contribution in [1.29, 1.82) is 0 Å². The van der Waals surface area contributed by atoms with E-state index in [1.54, 1.807) is 24.3 Å². The molecule has 1 aliphatic carbocycles. The van der Waals surface area contributed by atoms with Crippen LogP contribution in [0, 0.1) is 0 Å². The normalized spacial score (nSPS) is 12.9. The number of unbranched alkanes of at least 4 members (excludes halogenated alkanes) is 3. The summed E-state index contributed by atoms with van der Waals surface area (Å²) in [6, 6.07) is 12.9. The van der Waals surface area contributed by atoms with Gasteiger partial charge in [0.05, 0.1) is 5.39 Å². The second-order valence-corrected chi connectivity index (χ2v) is 7.66. The third-order valence-electron chi connectivity index (χ3n) is 5.57. The minimum atomic E-state index is -0.526. The monoisotopic (exact) mass is 390 g/mol. The smallest absolute Gasteiger partial charge is 0.364 e. The van der Waals surface area contributed by atoms with Crippen LogP contribution in [0.1, 0.15) is 60.6 Å². The molecule has 2 aromatic carbocycles. The molecule has 0 radical (unpaired) electrons. The van der Waals surface area contributed by atoms with Gasteiger partial charge in [0.15, 0.2) is 5.69 Å². The number of nitrogens with zero attached hydrogens (tertiary/aromatic N) is 2. The Morgan fingerprint density at radius 2 is 1.83 bits per heavy atom. The van der Waals surface area contributed by atoms with Gasteiger partial charge in [-0.1, -0.05) is 50.5 Å². The van der Waals surface area contributed by atoms with Crippen LogP contribution in [0.4, 0.5) is 0 Å². The first-order chi connectivity index (χ1) is 14.2. The van der Waals surface area contributed by atoms with Crippen molar-refractivity contribution in [2.45, 2.75) is 58.4 Å². The van der Waals surface area contributed by atoms with Gasteiger partial charge in [0.25, 0.3) is 5.56 Å². The fourth-order valence-corrected chi connectivity index (χ4v) is 3.99. The second kappa shape index (κ2) is 8.60. The molecule has 0 atom stereocenters. The lowest BCUT2D eigenvalue weighted by molar-refractivity contribution is 0.0728. The van der Waals surface area contributed by atoms with Crippen LogP contribution in [0.2, 0.25) is 0 Å². The first-order valence-electron chi connectivity index (χ1n) is 10.5. The maximum Gasteiger partial charge on any atom is 0.364 e. The van der Waals surface area contributed by atoms with E-state index in [1.807, 2.05) is 18.2 Å². The highest BCUT2D eigenvalue weighted by Gasteiger charge is 2.19. The first kappa shape index (κ1) is 19.4. The lowest BCUT2D eigenvalue weighted by Crippen LogP contribution is -2.27. The van der Waals surface area contributed by atoms with Crippen molar-refractivity contribution in [1.82, 2.24) is 9.78 Å². The largest absolute Gasteiger partial charge is 0.422 e. The van der Waals surface area contributed by atoms with Crippen molar-refractivity contribution in [2.24, 2.45) is 0 Å². The number of hydrogen-bond donors (Lipinski definition) is 0. The Hall–Kier alpha value is -2.95. The SMILES string of the molecule is CCCCCCn1nc(C(=O)Oc2ccc3c(c2)CCC3)c2ccccc2c1=O. The number of carbonyl (C=O) groups is 1. The second-order valence-electron chi connectivity index (χ2n) is 7.66. The van der Waals surface area contributed by atoms with Gasteiger partial charge in [0, 0.05) is 11.9 Å². The van der Waals surface area contributed by atoms with Crippen LogP contribution < -0.4 is 10.3 Å². The molecular weight excluding hydrogens is 364 g/mol. The van der Waals surface area contributed by atoms with E-state index < -0.39 is 5.97 Å². The summed E-state index contributed by atoms with van der Waals surface area (Å²) in [7, 11) is 0. The Labute approximate surface area is 170 Å². The first-order valence-corrected chi connectivity index (χ1v) is 10.5. The zero-order valence-electron chi connectivity index (χ0n) is 16.8. The quantitative estimate of drug-likeness (QED) is 0.334. The number of hydrogen-bond acceptors (Lipinski definition) is 4. The van der Waals surface area contributed by atoms with E-state index in [0.717, 1.165) is 44.9 Å². The summed E-state index contributed by atoms with van der Waals surface area (Å²) >= 11 is 0. The van der Waals surface area contributed by atoms with Crippen LogP contribution in [0.5, 0.6) is 5.75 Å². The maximum absolute atomic E-state index is 13.0. The molecule has 5 heteroatoms. The molecular formula is C24H26N2O3. The van der Waals surface area contributed by atoms with Gasteiger partial charge in [-0.15, -0.1) is 0 Å². The van der Waals surface area contributed by atoms with Gasteiger partial charge in [-0.05, 0) is 55.0 Å². The van der Waals surface area contributed by atoms with Crippen LogP contribution in [-0.4, -0.2) is 15.7 Å². The summed E-state index contributed by atoms with van der Waals surface area (Å²) in [5.74, 6) is 0.00341. The van der Waals surface area contributed by atoms with E-state index in [4.69, 9.17) is 4.74 Å². The molecule has 0 amide bonds. The number of benzene rings is 2. The summed E-state index contributed by atoms with van der Waals surface area (Å²) < 4.78 is 7.07. The molecule has 0 spiro atoms. The van der Waals surface area contributed by atoms with Crippen LogP contribution in [0.3, 0.4) is 0 Å². The Morgan fingerprint density at radius 3 is 2.66 bits per heavy atom. The predicted octanol–water partition coefficient (Wildman–Crippen LogP) is 4.68. The number of aryl methyl sites for hydroxylation is 3. The molecule has 0 saturated carbocycles. The minimum Gasteiger partial charge on any atom is -0.422 e. The van der Waals surface area contributed by atoms with Crippen molar-refractivity contribution in [3.8, 4) is 5.75 Å². The van der Waals surface area contributed by atoms with Crippen LogP contribution in [0.15, 0.2) is 47.3 Å². The van der Waals surface area contributed by atoms with Gasteiger partial charge >= 0.3 is 5.97 Å². The molecule has 5 nitrogen and oxygen atoms in total. The van der Waals surface area contributed by atoms with Crippen molar-refractivity contribution in [3.05, 3.63) is 69.6 Å². The Kier molecular flexibility index (Phi) is 5.74. The van der Waals surface area contributed by atoms with Crippen LogP contribution in [0.25, 0.3) is 10.8 Å². The fourth-order valence-electron chi connectivity index (χ4n) is 3.99. The molecule has 1 aromatic heterocycles. The van der Waals surface area contributed by atoms with Gasteiger partial charge < -0.3 is 4.74 Å². The molecule has 0 bridgehead atoms. The number of ether oxygens (including phenoxy) is 1. The maximum atomic E-state index is 13.0. The molecule has 3 aromatic rings. The highest BCUT2D eigenvalue weighted by atomic mass is 16.5. The predicted molar refractivity (Wildman–Crippen MR) is 114 cm³/mol. The topological polar surface area (TPSA) is 61.2 Å². The molecule has 0 fully saturated rings. The molecule has 0 N–H and O–H groups in total. The Bertz CT molecular complexity index is 1100. The number of carbonyl (C=O) groups excluding carboxylic acids is 1. The standard InChI is InChI=1S/C24H26N2O3/c1-2-3-4-7-15-26-23(27)21-12-6-5-11-20(21)22(25-26)24(28)29-19-14-13-17-9-8-10-18(17)16-19/h5-6,11-14,16H,2-4,7-10,15H2,1H3. The summed E-state index contributed by atoms with van der Waals surface area (Å²) in [5, 5.41) is 5.43. The zero-order chi connectivity index (χ0) is 20.2. The number of fused-ring (bicyclic) bond motifs is 2. The summed E-state index contributed by atoms with van der Waals surface area (Å²) in [6.45, 7) is 2.65. The van der Waals surface area contributed by atoms with Crippen LogP contribution >= 0.6 is 0 Å². The third kappa shape index (κ3) is 4.09. The van der Waals surface area contributed by atoms with E-state index in [-0.39, 0.29) is 11.3 Å². The fraction of sp³-hybridized carbons (Fsp3) is 0.375. The van der Waals surface area contributed by atoms with Gasteiger partial charge in [0.2, 0.25) is 0 Å². The van der Waals surface area contributed by atoms with Crippen molar-refractivity contribution >= 4 is 16.7 Å². The van der Waals surface area contributed by atoms with Crippen molar-refractivity contribution in [3.63, 3.8) is 0 Å². The van der Waals surface area contributed by atoms with Gasteiger partial charge in [-0.25, -0.2) is 9.48 Å². The van der Waals surface area contributed by atoms with E-state index in [9.17, 15) is 9.59 Å². The molecule has 1 aliphatic rings. The summed E-state index contributed by atoms with van der Waals surface area (Å²) in [5.41, 5.74) is 2.60. The summed E-state index contributed by atoms with van der Waals surface area (Å²) in [6.07, 6.45) is 7.38. The highest BCUT2D eigenvalue weighted by Crippen LogP contribution is 2.26. The number of rotatable bonds is 7. The average molecular weight is 390 g/mol. The van der Waals surface area contributed by atoms with Crippen molar-refractivity contribution in [2.75, 3.05) is 0 Å². The number of aromatic nitrogens is 2. The van der Waals surface area contributed by atoms with Crippen LogP contribution in [-0.2, 0) is 19.4 Å². The van der Waals surface area contributed by atoms with Gasteiger partial charge in [-0.3, -0.25) is 4.79 Å². The molecule has 0 saturated heterocycles. The molecule has 0 unspecified atom stereocenters. The van der Waals surface area contributed by atoms with E-state index in [2.05, 4.69) is 12.0 Å². The molecule has 150 valence electrons. The Balaban J connectivity index is 1.65.